The molecule has 1 N–H and O–H groups in total. The van der Waals surface area contributed by atoms with Crippen molar-refractivity contribution >= 4 is 0 Å². The lowest BCUT2D eigenvalue weighted by Gasteiger charge is -2.25. The zero-order chi connectivity index (χ0) is 12.7. The number of hydrogen-bond donors (Lipinski definition) is 1. The number of nitriles is 1. The van der Waals surface area contributed by atoms with Gasteiger partial charge in [-0.05, 0) is 40.0 Å². The van der Waals surface area contributed by atoms with Crippen LogP contribution < -0.4 is 5.32 Å². The molecule has 1 aromatic heterocycles. The van der Waals surface area contributed by atoms with Crippen LogP contribution in [0.25, 0.3) is 0 Å². The van der Waals surface area contributed by atoms with Crippen molar-refractivity contribution in [2.24, 2.45) is 0 Å². The predicted molar refractivity (Wildman–Crippen MR) is 66.2 cm³/mol. The van der Waals surface area contributed by atoms with Crippen LogP contribution in [0.2, 0.25) is 0 Å². The summed E-state index contributed by atoms with van der Waals surface area (Å²) in [6.45, 7) is 6.95. The Labute approximate surface area is 103 Å². The van der Waals surface area contributed by atoms with Crippen LogP contribution in [0.1, 0.15) is 40.0 Å². The molecule has 0 radical (unpaired) electrons. The molecule has 0 aliphatic rings. The van der Waals surface area contributed by atoms with Crippen molar-refractivity contribution in [2.45, 2.75) is 58.2 Å². The zero-order valence-electron chi connectivity index (χ0n) is 10.8. The Kier molecular flexibility index (Phi) is 5.11. The van der Waals surface area contributed by atoms with Crippen LogP contribution in [0.3, 0.4) is 0 Å². The number of nitrogens with one attached hydrogen (secondary N) is 1. The van der Waals surface area contributed by atoms with Crippen LogP contribution in [0, 0.1) is 11.3 Å². The smallest absolute Gasteiger partial charge is 0.137 e. The second kappa shape index (κ2) is 6.36. The Balaban J connectivity index is 2.26. The van der Waals surface area contributed by atoms with Gasteiger partial charge >= 0.3 is 0 Å². The third-order valence-electron chi connectivity index (χ3n) is 2.63. The molecule has 0 aliphatic heterocycles. The maximum absolute atomic E-state index is 9.18. The summed E-state index contributed by atoms with van der Waals surface area (Å²) in [6.07, 6.45) is 6.13. The first-order chi connectivity index (χ1) is 8.06. The van der Waals surface area contributed by atoms with E-state index in [1.54, 1.807) is 12.7 Å². The Morgan fingerprint density at radius 2 is 2.24 bits per heavy atom. The van der Waals surface area contributed by atoms with Gasteiger partial charge in [0.05, 0.1) is 6.07 Å². The van der Waals surface area contributed by atoms with Crippen LogP contribution >= 0.6 is 0 Å². The average Bonchev–Trinajstić information content (AvgIpc) is 2.76. The van der Waals surface area contributed by atoms with Gasteiger partial charge in [-0.15, -0.1) is 0 Å². The van der Waals surface area contributed by atoms with E-state index in [4.69, 9.17) is 0 Å². The standard InChI is InChI=1S/C12H21N5/c1-11(2)16-12(3,8-13)6-4-5-7-17-10-14-9-15-17/h9-11,16H,4-7H2,1-3H3. The van der Waals surface area contributed by atoms with Crippen molar-refractivity contribution in [3.8, 4) is 6.07 Å². The highest BCUT2D eigenvalue weighted by atomic mass is 15.3. The lowest BCUT2D eigenvalue weighted by molar-refractivity contribution is 0.364. The lowest BCUT2D eigenvalue weighted by atomic mass is 9.95. The van der Waals surface area contributed by atoms with E-state index in [0.717, 1.165) is 25.8 Å². The highest BCUT2D eigenvalue weighted by Gasteiger charge is 2.23. The van der Waals surface area contributed by atoms with Crippen molar-refractivity contribution in [3.05, 3.63) is 12.7 Å². The van der Waals surface area contributed by atoms with E-state index in [1.165, 1.54) is 0 Å². The van der Waals surface area contributed by atoms with Gasteiger partial charge in [-0.2, -0.15) is 10.4 Å². The minimum absolute atomic E-state index is 0.329. The first-order valence-electron chi connectivity index (χ1n) is 6.07. The van der Waals surface area contributed by atoms with Gasteiger partial charge in [-0.1, -0.05) is 0 Å². The zero-order valence-corrected chi connectivity index (χ0v) is 10.8. The number of nitrogens with zero attached hydrogens (tertiary/aromatic N) is 4. The molecule has 0 fully saturated rings. The van der Waals surface area contributed by atoms with Gasteiger partial charge in [-0.3, -0.25) is 10.00 Å². The van der Waals surface area contributed by atoms with Gasteiger partial charge < -0.3 is 0 Å². The van der Waals surface area contributed by atoms with E-state index in [0.29, 0.717) is 6.04 Å². The van der Waals surface area contributed by atoms with Crippen LogP contribution in [0.4, 0.5) is 0 Å². The number of aryl methyl sites for hydroxylation is 1. The van der Waals surface area contributed by atoms with Gasteiger partial charge in [0.15, 0.2) is 0 Å². The minimum atomic E-state index is -0.420. The lowest BCUT2D eigenvalue weighted by Crippen LogP contribution is -2.44. The monoisotopic (exact) mass is 235 g/mol. The summed E-state index contributed by atoms with van der Waals surface area (Å²) in [5, 5.41) is 16.5. The fourth-order valence-electron chi connectivity index (χ4n) is 1.90. The van der Waals surface area contributed by atoms with Crippen LogP contribution in [0.15, 0.2) is 12.7 Å². The molecular weight excluding hydrogens is 214 g/mol. The molecule has 1 atom stereocenters. The molecule has 0 saturated heterocycles. The molecule has 0 bridgehead atoms. The van der Waals surface area contributed by atoms with Crippen molar-refractivity contribution in [3.63, 3.8) is 0 Å². The maximum atomic E-state index is 9.18. The van der Waals surface area contributed by atoms with Crippen LogP contribution in [0.5, 0.6) is 0 Å². The molecule has 0 spiro atoms. The van der Waals surface area contributed by atoms with Crippen LogP contribution in [-0.2, 0) is 6.54 Å². The van der Waals surface area contributed by atoms with E-state index in [2.05, 4.69) is 35.3 Å². The molecular formula is C12H21N5. The molecule has 1 unspecified atom stereocenters. The van der Waals surface area contributed by atoms with Gasteiger partial charge in [0.25, 0.3) is 0 Å². The predicted octanol–water partition coefficient (Wildman–Crippen LogP) is 1.73. The molecule has 94 valence electrons. The van der Waals surface area contributed by atoms with Crippen molar-refractivity contribution in [2.75, 3.05) is 0 Å². The Bertz CT molecular complexity index is 351. The Morgan fingerprint density at radius 1 is 1.47 bits per heavy atom. The fourth-order valence-corrected chi connectivity index (χ4v) is 1.90. The molecule has 17 heavy (non-hydrogen) atoms. The highest BCUT2D eigenvalue weighted by molar-refractivity contribution is 5.04. The van der Waals surface area contributed by atoms with Crippen molar-refractivity contribution in [1.82, 2.24) is 20.1 Å². The van der Waals surface area contributed by atoms with Gasteiger partial charge in [0.1, 0.15) is 18.2 Å². The van der Waals surface area contributed by atoms with E-state index < -0.39 is 5.54 Å². The normalized spacial score (nSPS) is 14.5. The topological polar surface area (TPSA) is 66.5 Å². The summed E-state index contributed by atoms with van der Waals surface area (Å²) in [6, 6.07) is 2.69. The third kappa shape index (κ3) is 4.96. The van der Waals surface area contributed by atoms with E-state index >= 15 is 0 Å². The molecule has 1 aromatic rings. The maximum Gasteiger partial charge on any atom is 0.137 e. The van der Waals surface area contributed by atoms with Crippen LogP contribution in [-0.4, -0.2) is 26.3 Å². The summed E-state index contributed by atoms with van der Waals surface area (Å²) in [7, 11) is 0. The average molecular weight is 235 g/mol. The number of hydrogen-bond acceptors (Lipinski definition) is 4. The molecule has 5 nitrogen and oxygen atoms in total. The molecule has 0 aliphatic carbocycles. The highest BCUT2D eigenvalue weighted by Crippen LogP contribution is 2.14. The fraction of sp³-hybridized carbons (Fsp3) is 0.750. The molecule has 0 aromatic carbocycles. The largest absolute Gasteiger partial charge is 0.297 e. The number of rotatable bonds is 7. The molecule has 1 heterocycles. The van der Waals surface area contributed by atoms with Gasteiger partial charge in [0, 0.05) is 12.6 Å². The van der Waals surface area contributed by atoms with Gasteiger partial charge in [0.2, 0.25) is 0 Å². The molecule has 0 saturated carbocycles. The molecule has 0 amide bonds. The summed E-state index contributed by atoms with van der Waals surface area (Å²) in [5.74, 6) is 0. The quantitative estimate of drug-likeness (QED) is 0.731. The van der Waals surface area contributed by atoms with E-state index in [1.807, 2.05) is 11.6 Å². The summed E-state index contributed by atoms with van der Waals surface area (Å²) >= 11 is 0. The van der Waals surface area contributed by atoms with E-state index in [9.17, 15) is 5.26 Å². The third-order valence-corrected chi connectivity index (χ3v) is 2.63. The summed E-state index contributed by atoms with van der Waals surface area (Å²) < 4.78 is 1.82. The van der Waals surface area contributed by atoms with Crippen molar-refractivity contribution < 1.29 is 0 Å². The number of unbranched alkanes of at least 4 members (excludes halogenated alkanes) is 1. The Hall–Kier alpha value is -1.41. The minimum Gasteiger partial charge on any atom is -0.297 e. The SMILES string of the molecule is CC(C)NC(C)(C#N)CCCCn1cncn1. The van der Waals surface area contributed by atoms with Crippen molar-refractivity contribution in [1.29, 1.82) is 5.26 Å². The second-order valence-electron chi connectivity index (χ2n) is 4.86. The second-order valence-corrected chi connectivity index (χ2v) is 4.86. The summed E-state index contributed by atoms with van der Waals surface area (Å²) in [5.41, 5.74) is -0.420. The first kappa shape index (κ1) is 13.7. The van der Waals surface area contributed by atoms with Gasteiger partial charge in [-0.25, -0.2) is 4.98 Å². The van der Waals surface area contributed by atoms with E-state index in [-0.39, 0.29) is 0 Å². The molecule has 5 heteroatoms. The Morgan fingerprint density at radius 3 is 2.76 bits per heavy atom. The summed E-state index contributed by atoms with van der Waals surface area (Å²) in [4.78, 5) is 3.89. The first-order valence-corrected chi connectivity index (χ1v) is 6.07. The number of aromatic nitrogens is 3. The molecule has 1 rings (SSSR count).